The first-order chi connectivity index (χ1) is 9.06. The first kappa shape index (κ1) is 13.0. The zero-order chi connectivity index (χ0) is 13.8. The molecule has 0 unspecified atom stereocenters. The fourth-order valence-electron chi connectivity index (χ4n) is 1.56. The maximum Gasteiger partial charge on any atom is 0.223 e. The van der Waals surface area contributed by atoms with Gasteiger partial charge in [0.15, 0.2) is 5.96 Å². The smallest absolute Gasteiger partial charge is 0.223 e. The van der Waals surface area contributed by atoms with E-state index in [1.807, 2.05) is 36.6 Å². The van der Waals surface area contributed by atoms with E-state index in [9.17, 15) is 0 Å². The second-order valence-electron chi connectivity index (χ2n) is 3.78. The third-order valence-corrected chi connectivity index (χ3v) is 3.05. The molecule has 7 heteroatoms. The Kier molecular flexibility index (Phi) is 3.76. The molecule has 6 N–H and O–H groups in total. The van der Waals surface area contributed by atoms with Crippen molar-refractivity contribution >= 4 is 28.9 Å². The van der Waals surface area contributed by atoms with Crippen LogP contribution in [0, 0.1) is 6.92 Å². The Hall–Kier alpha value is -2.41. The minimum Gasteiger partial charge on any atom is -0.370 e. The molecule has 2 aromatic rings. The van der Waals surface area contributed by atoms with Crippen molar-refractivity contribution in [1.82, 2.24) is 4.98 Å². The third-order valence-electron chi connectivity index (χ3n) is 2.28. The van der Waals surface area contributed by atoms with Crippen LogP contribution in [0.25, 0.3) is 11.3 Å². The van der Waals surface area contributed by atoms with Gasteiger partial charge in [0.25, 0.3) is 0 Å². The monoisotopic (exact) mass is 274 g/mol. The zero-order valence-corrected chi connectivity index (χ0v) is 11.2. The average Bonchev–Trinajstić information content (AvgIpc) is 2.75. The van der Waals surface area contributed by atoms with Crippen LogP contribution >= 0.6 is 11.3 Å². The normalized spacial score (nSPS) is 11.3. The predicted molar refractivity (Wildman–Crippen MR) is 79.4 cm³/mol. The standard InChI is InChI=1S/C12H14N6S/c1-7-16-10(6-19-7)8-4-2-3-5-9(8)17-12(15)18-11(13)14/h2-6H,1H3,(H6,13,14,15,17,18). The lowest BCUT2D eigenvalue weighted by atomic mass is 10.1. The van der Waals surface area contributed by atoms with E-state index in [2.05, 4.69) is 15.0 Å². The van der Waals surface area contributed by atoms with Crippen molar-refractivity contribution in [3.05, 3.63) is 34.7 Å². The summed E-state index contributed by atoms with van der Waals surface area (Å²) in [6, 6.07) is 7.54. The largest absolute Gasteiger partial charge is 0.370 e. The Bertz CT molecular complexity index is 639. The molecular formula is C12H14N6S. The molecule has 0 spiro atoms. The number of para-hydroxylation sites is 1. The molecule has 98 valence electrons. The molecule has 0 radical (unpaired) electrons. The Morgan fingerprint density at radius 1 is 1.21 bits per heavy atom. The van der Waals surface area contributed by atoms with E-state index in [1.165, 1.54) is 0 Å². The summed E-state index contributed by atoms with van der Waals surface area (Å²) in [5.74, 6) is -0.109. The molecule has 19 heavy (non-hydrogen) atoms. The molecule has 0 saturated carbocycles. The highest BCUT2D eigenvalue weighted by atomic mass is 32.1. The van der Waals surface area contributed by atoms with Gasteiger partial charge in [0.1, 0.15) is 0 Å². The lowest BCUT2D eigenvalue weighted by molar-refractivity contribution is 1.29. The van der Waals surface area contributed by atoms with Crippen molar-refractivity contribution in [3.63, 3.8) is 0 Å². The number of hydrogen-bond donors (Lipinski definition) is 3. The molecule has 1 heterocycles. The highest BCUT2D eigenvalue weighted by Crippen LogP contribution is 2.30. The average molecular weight is 274 g/mol. The molecule has 2 rings (SSSR count). The highest BCUT2D eigenvalue weighted by Gasteiger charge is 2.07. The summed E-state index contributed by atoms with van der Waals surface area (Å²) in [7, 11) is 0. The van der Waals surface area contributed by atoms with Crippen LogP contribution in [0.4, 0.5) is 5.69 Å². The fraction of sp³-hybridized carbons (Fsp3) is 0.0833. The lowest BCUT2D eigenvalue weighted by Crippen LogP contribution is -2.26. The van der Waals surface area contributed by atoms with Crippen molar-refractivity contribution in [2.24, 2.45) is 27.2 Å². The van der Waals surface area contributed by atoms with E-state index < -0.39 is 0 Å². The molecule has 0 aliphatic carbocycles. The number of thiazole rings is 1. The Balaban J connectivity index is 2.45. The van der Waals surface area contributed by atoms with Crippen LogP contribution in [0.15, 0.2) is 39.6 Å². The van der Waals surface area contributed by atoms with Crippen LogP contribution < -0.4 is 17.2 Å². The van der Waals surface area contributed by atoms with Gasteiger partial charge in [-0.05, 0) is 13.0 Å². The third kappa shape index (κ3) is 3.29. The number of benzene rings is 1. The Morgan fingerprint density at radius 2 is 1.95 bits per heavy atom. The van der Waals surface area contributed by atoms with Gasteiger partial charge in [-0.25, -0.2) is 9.98 Å². The molecule has 0 bridgehead atoms. The van der Waals surface area contributed by atoms with Crippen LogP contribution in [0.3, 0.4) is 0 Å². The number of aromatic nitrogens is 1. The molecule has 1 aromatic heterocycles. The number of aliphatic imine (C=N–C) groups is 2. The molecule has 0 amide bonds. The summed E-state index contributed by atoms with van der Waals surface area (Å²) in [6.07, 6.45) is 0. The molecule has 0 aliphatic rings. The summed E-state index contributed by atoms with van der Waals surface area (Å²) < 4.78 is 0. The number of nitrogens with two attached hydrogens (primary N) is 3. The molecule has 1 aromatic carbocycles. The van der Waals surface area contributed by atoms with Gasteiger partial charge < -0.3 is 17.2 Å². The fourth-order valence-corrected chi connectivity index (χ4v) is 2.17. The van der Waals surface area contributed by atoms with Crippen molar-refractivity contribution in [1.29, 1.82) is 0 Å². The minimum atomic E-state index is -0.122. The van der Waals surface area contributed by atoms with E-state index >= 15 is 0 Å². The van der Waals surface area contributed by atoms with E-state index in [1.54, 1.807) is 11.3 Å². The number of nitrogens with zero attached hydrogens (tertiary/aromatic N) is 3. The van der Waals surface area contributed by atoms with E-state index in [0.29, 0.717) is 5.69 Å². The van der Waals surface area contributed by atoms with Gasteiger partial charge in [0.05, 0.1) is 16.4 Å². The van der Waals surface area contributed by atoms with E-state index in [-0.39, 0.29) is 11.9 Å². The summed E-state index contributed by atoms with van der Waals surface area (Å²) >= 11 is 1.58. The quantitative estimate of drug-likeness (QED) is 0.566. The number of aryl methyl sites for hydroxylation is 1. The van der Waals surface area contributed by atoms with Crippen molar-refractivity contribution in [3.8, 4) is 11.3 Å². The summed E-state index contributed by atoms with van der Waals surface area (Å²) in [5.41, 5.74) is 18.6. The number of guanidine groups is 2. The van der Waals surface area contributed by atoms with Crippen LogP contribution in [-0.4, -0.2) is 16.9 Å². The van der Waals surface area contributed by atoms with Gasteiger partial charge in [-0.15, -0.1) is 11.3 Å². The van der Waals surface area contributed by atoms with Crippen LogP contribution in [0.5, 0.6) is 0 Å². The second kappa shape index (κ2) is 5.49. The first-order valence-corrected chi connectivity index (χ1v) is 6.39. The van der Waals surface area contributed by atoms with Gasteiger partial charge in [-0.2, -0.15) is 4.99 Å². The van der Waals surface area contributed by atoms with Crippen molar-refractivity contribution < 1.29 is 0 Å². The Labute approximate surface area is 114 Å². The molecule has 0 atom stereocenters. The second-order valence-corrected chi connectivity index (χ2v) is 4.84. The number of rotatable bonds is 2. The molecule has 0 fully saturated rings. The maximum atomic E-state index is 5.64. The molecule has 6 nitrogen and oxygen atoms in total. The minimum absolute atomic E-state index is 0.0133. The zero-order valence-electron chi connectivity index (χ0n) is 10.4. The van der Waals surface area contributed by atoms with Crippen molar-refractivity contribution in [2.75, 3.05) is 0 Å². The maximum absolute atomic E-state index is 5.64. The van der Waals surface area contributed by atoms with Gasteiger partial charge in [0, 0.05) is 10.9 Å². The van der Waals surface area contributed by atoms with Crippen LogP contribution in [-0.2, 0) is 0 Å². The number of hydrogen-bond acceptors (Lipinski definition) is 3. The SMILES string of the molecule is Cc1nc(-c2ccccc2N=C(N)N=C(N)N)cs1. The highest BCUT2D eigenvalue weighted by molar-refractivity contribution is 7.09. The molecule has 0 aliphatic heterocycles. The van der Waals surface area contributed by atoms with Gasteiger partial charge in [0.2, 0.25) is 5.96 Å². The summed E-state index contributed by atoms with van der Waals surface area (Å²) in [4.78, 5) is 12.3. The topological polar surface area (TPSA) is 116 Å². The van der Waals surface area contributed by atoms with Crippen LogP contribution in [0.2, 0.25) is 0 Å². The van der Waals surface area contributed by atoms with Crippen LogP contribution in [0.1, 0.15) is 5.01 Å². The van der Waals surface area contributed by atoms with E-state index in [0.717, 1.165) is 16.3 Å². The van der Waals surface area contributed by atoms with E-state index in [4.69, 9.17) is 17.2 Å². The van der Waals surface area contributed by atoms with Crippen molar-refractivity contribution in [2.45, 2.75) is 6.92 Å². The Morgan fingerprint density at radius 3 is 2.58 bits per heavy atom. The van der Waals surface area contributed by atoms with Gasteiger partial charge in [-0.3, -0.25) is 0 Å². The summed E-state index contributed by atoms with van der Waals surface area (Å²) in [5, 5.41) is 2.96. The lowest BCUT2D eigenvalue weighted by Gasteiger charge is -2.02. The first-order valence-electron chi connectivity index (χ1n) is 5.51. The molecular weight excluding hydrogens is 260 g/mol. The summed E-state index contributed by atoms with van der Waals surface area (Å²) in [6.45, 7) is 1.95. The molecule has 0 saturated heterocycles. The predicted octanol–water partition coefficient (Wildman–Crippen LogP) is 1.34. The van der Waals surface area contributed by atoms with Gasteiger partial charge in [-0.1, -0.05) is 18.2 Å². The van der Waals surface area contributed by atoms with Gasteiger partial charge >= 0.3 is 0 Å².